The third-order valence-electron chi connectivity index (χ3n) is 1.45. The molecule has 0 saturated heterocycles. The molecule has 0 aromatic heterocycles. The molecule has 12 heavy (non-hydrogen) atoms. The van der Waals surface area contributed by atoms with Crippen LogP contribution in [0.1, 0.15) is 13.8 Å². The van der Waals surface area contributed by atoms with Gasteiger partial charge in [0, 0.05) is 4.90 Å². The third-order valence-corrected chi connectivity index (χ3v) is 2.34. The molecule has 0 aliphatic rings. The highest BCUT2D eigenvalue weighted by Gasteiger charge is 1.92. The molecule has 0 radical (unpaired) electrons. The van der Waals surface area contributed by atoms with Crippen molar-refractivity contribution < 1.29 is 4.74 Å². The molecule has 0 N–H and O–H groups in total. The van der Waals surface area contributed by atoms with Crippen LogP contribution < -0.4 is 4.74 Å². The zero-order valence-corrected chi connectivity index (χ0v) is 8.36. The molecule has 0 spiro atoms. The first-order chi connectivity index (χ1) is 5.86. The normalized spacial score (nSPS) is 9.83. The molecule has 66 valence electrons. The lowest BCUT2D eigenvalue weighted by atomic mass is 10.3. The fourth-order valence-electron chi connectivity index (χ4n) is 0.965. The summed E-state index contributed by atoms with van der Waals surface area (Å²) in [7, 11) is 0. The third kappa shape index (κ3) is 2.78. The second-order valence-corrected chi connectivity index (χ2v) is 3.67. The van der Waals surface area contributed by atoms with Crippen molar-refractivity contribution in [3.8, 4) is 5.75 Å². The van der Waals surface area contributed by atoms with E-state index in [9.17, 15) is 0 Å². The van der Waals surface area contributed by atoms with E-state index in [4.69, 9.17) is 4.74 Å². The van der Waals surface area contributed by atoms with Crippen LogP contribution in [0.2, 0.25) is 0 Å². The first-order valence-corrected chi connectivity index (χ1v) is 5.21. The molecule has 0 fully saturated rings. The predicted octanol–water partition coefficient (Wildman–Crippen LogP) is 3.20. The molecule has 1 aromatic carbocycles. The van der Waals surface area contributed by atoms with Gasteiger partial charge in [-0.05, 0) is 36.9 Å². The van der Waals surface area contributed by atoms with Crippen molar-refractivity contribution in [3.63, 3.8) is 0 Å². The minimum atomic E-state index is 0.736. The average Bonchev–Trinajstić information content (AvgIpc) is 2.09. The monoisotopic (exact) mass is 182 g/mol. The molecule has 0 aliphatic carbocycles. The molecule has 0 bridgehead atoms. The van der Waals surface area contributed by atoms with E-state index in [2.05, 4.69) is 19.1 Å². The molecular formula is C10H14OS. The van der Waals surface area contributed by atoms with E-state index >= 15 is 0 Å². The summed E-state index contributed by atoms with van der Waals surface area (Å²) < 4.78 is 5.33. The van der Waals surface area contributed by atoms with Crippen LogP contribution in [0.3, 0.4) is 0 Å². The van der Waals surface area contributed by atoms with E-state index in [1.807, 2.05) is 30.8 Å². The van der Waals surface area contributed by atoms with Gasteiger partial charge in [0.05, 0.1) is 6.61 Å². The topological polar surface area (TPSA) is 9.23 Å². The van der Waals surface area contributed by atoms with E-state index in [1.54, 1.807) is 0 Å². The van der Waals surface area contributed by atoms with Gasteiger partial charge in [-0.3, -0.25) is 0 Å². The first-order valence-electron chi connectivity index (χ1n) is 4.22. The van der Waals surface area contributed by atoms with Crippen molar-refractivity contribution in [2.45, 2.75) is 18.7 Å². The van der Waals surface area contributed by atoms with E-state index in [-0.39, 0.29) is 0 Å². The number of benzene rings is 1. The minimum Gasteiger partial charge on any atom is -0.494 e. The largest absolute Gasteiger partial charge is 0.494 e. The zero-order chi connectivity index (χ0) is 8.81. The van der Waals surface area contributed by atoms with E-state index < -0.39 is 0 Å². The highest BCUT2D eigenvalue weighted by Crippen LogP contribution is 2.20. The van der Waals surface area contributed by atoms with Crippen molar-refractivity contribution in [2.75, 3.05) is 12.4 Å². The van der Waals surface area contributed by atoms with Gasteiger partial charge in [0.15, 0.2) is 0 Å². The predicted molar refractivity (Wildman–Crippen MR) is 54.0 cm³/mol. The number of hydrogen-bond acceptors (Lipinski definition) is 2. The first kappa shape index (κ1) is 9.46. The Morgan fingerprint density at radius 2 is 1.83 bits per heavy atom. The fourth-order valence-corrected chi connectivity index (χ4v) is 1.63. The lowest BCUT2D eigenvalue weighted by Crippen LogP contribution is -1.90. The van der Waals surface area contributed by atoms with Crippen molar-refractivity contribution in [3.05, 3.63) is 24.3 Å². The van der Waals surface area contributed by atoms with Gasteiger partial charge in [0.2, 0.25) is 0 Å². The van der Waals surface area contributed by atoms with Gasteiger partial charge in [0.1, 0.15) is 5.75 Å². The quantitative estimate of drug-likeness (QED) is 0.661. The summed E-state index contributed by atoms with van der Waals surface area (Å²) in [6.07, 6.45) is 0. The maximum Gasteiger partial charge on any atom is 0.119 e. The van der Waals surface area contributed by atoms with Crippen molar-refractivity contribution in [1.29, 1.82) is 0 Å². The molecule has 0 aliphatic heterocycles. The second-order valence-electron chi connectivity index (χ2n) is 2.34. The Bertz CT molecular complexity index is 193. The van der Waals surface area contributed by atoms with Crippen LogP contribution in [0.25, 0.3) is 0 Å². The molecule has 0 saturated carbocycles. The number of ether oxygens (including phenoxy) is 1. The highest BCUT2D eigenvalue weighted by atomic mass is 32.2. The summed E-state index contributed by atoms with van der Waals surface area (Å²) in [5, 5.41) is 0. The van der Waals surface area contributed by atoms with Crippen molar-refractivity contribution in [2.24, 2.45) is 0 Å². The molecule has 0 unspecified atom stereocenters. The summed E-state index contributed by atoms with van der Waals surface area (Å²) in [4.78, 5) is 1.31. The number of hydrogen-bond donors (Lipinski definition) is 0. The Morgan fingerprint density at radius 1 is 1.17 bits per heavy atom. The van der Waals surface area contributed by atoms with Gasteiger partial charge >= 0.3 is 0 Å². The molecule has 1 rings (SSSR count). The second kappa shape index (κ2) is 5.09. The average molecular weight is 182 g/mol. The minimum absolute atomic E-state index is 0.736. The van der Waals surface area contributed by atoms with E-state index in [1.165, 1.54) is 4.90 Å². The Balaban J connectivity index is 2.58. The molecule has 1 nitrogen and oxygen atoms in total. The Labute approximate surface area is 78.1 Å². The van der Waals surface area contributed by atoms with Crippen LogP contribution in [0, 0.1) is 0 Å². The lowest BCUT2D eigenvalue weighted by Gasteiger charge is -2.03. The maximum absolute atomic E-state index is 5.33. The van der Waals surface area contributed by atoms with Crippen LogP contribution in [0.4, 0.5) is 0 Å². The molecule has 0 amide bonds. The van der Waals surface area contributed by atoms with Crippen molar-refractivity contribution >= 4 is 11.8 Å². The van der Waals surface area contributed by atoms with E-state index in [0.29, 0.717) is 0 Å². The highest BCUT2D eigenvalue weighted by molar-refractivity contribution is 7.99. The summed E-state index contributed by atoms with van der Waals surface area (Å²) >= 11 is 1.85. The Morgan fingerprint density at radius 3 is 2.33 bits per heavy atom. The fraction of sp³-hybridized carbons (Fsp3) is 0.400. The number of thioether (sulfide) groups is 1. The molecular weight excluding hydrogens is 168 g/mol. The molecule has 2 heteroatoms. The molecule has 0 atom stereocenters. The van der Waals surface area contributed by atoms with Crippen LogP contribution in [-0.2, 0) is 0 Å². The Kier molecular flexibility index (Phi) is 4.01. The van der Waals surface area contributed by atoms with Gasteiger partial charge in [-0.15, -0.1) is 11.8 Å². The van der Waals surface area contributed by atoms with Crippen molar-refractivity contribution in [1.82, 2.24) is 0 Å². The standard InChI is InChI=1S/C10H14OS/c1-3-11-9-5-7-10(8-6-9)12-4-2/h5-8H,3-4H2,1-2H3. The summed E-state index contributed by atoms with van der Waals surface area (Å²) in [5.74, 6) is 2.08. The smallest absolute Gasteiger partial charge is 0.119 e. The molecule has 0 heterocycles. The van der Waals surface area contributed by atoms with Gasteiger partial charge < -0.3 is 4.74 Å². The Hall–Kier alpha value is -0.630. The van der Waals surface area contributed by atoms with Crippen LogP contribution in [-0.4, -0.2) is 12.4 Å². The van der Waals surface area contributed by atoms with Gasteiger partial charge in [-0.1, -0.05) is 6.92 Å². The van der Waals surface area contributed by atoms with Crippen LogP contribution >= 0.6 is 11.8 Å². The SMILES string of the molecule is CCOc1ccc(SCC)cc1. The van der Waals surface area contributed by atoms with Gasteiger partial charge in [0.25, 0.3) is 0 Å². The number of rotatable bonds is 4. The molecule has 1 aromatic rings. The lowest BCUT2D eigenvalue weighted by molar-refractivity contribution is 0.340. The summed E-state index contributed by atoms with van der Waals surface area (Å²) in [5.41, 5.74) is 0. The van der Waals surface area contributed by atoms with Gasteiger partial charge in [-0.25, -0.2) is 0 Å². The van der Waals surface area contributed by atoms with E-state index in [0.717, 1.165) is 18.1 Å². The van der Waals surface area contributed by atoms with Crippen LogP contribution in [0.5, 0.6) is 5.75 Å². The zero-order valence-electron chi connectivity index (χ0n) is 7.54. The van der Waals surface area contributed by atoms with Gasteiger partial charge in [-0.2, -0.15) is 0 Å². The summed E-state index contributed by atoms with van der Waals surface area (Å²) in [6, 6.07) is 8.22. The summed E-state index contributed by atoms with van der Waals surface area (Å²) in [6.45, 7) is 4.89. The van der Waals surface area contributed by atoms with Crippen LogP contribution in [0.15, 0.2) is 29.2 Å². The maximum atomic E-state index is 5.33.